The van der Waals surface area contributed by atoms with Crippen LogP contribution in [0.3, 0.4) is 0 Å². The SMILES string of the molecule is CCCCCCCC/C=C\CCCCCCCC(=O)OC[C@H](COP(=O)(O)O)OC(=O)CCCCCCCCCCCCCCCCCC. The number of phosphoric acid groups is 1. The highest BCUT2D eigenvalue weighted by atomic mass is 31.2. The zero-order chi connectivity index (χ0) is 36.1. The zero-order valence-electron chi connectivity index (χ0n) is 31.9. The molecule has 0 aromatic carbocycles. The Bertz CT molecular complexity index is 812. The molecule has 0 aliphatic rings. The van der Waals surface area contributed by atoms with Crippen LogP contribution in [-0.2, 0) is 28.2 Å². The second-order valence-electron chi connectivity index (χ2n) is 14.0. The Hall–Kier alpha value is -1.21. The summed E-state index contributed by atoms with van der Waals surface area (Å²) in [7, 11) is -4.75. The van der Waals surface area contributed by atoms with Crippen molar-refractivity contribution >= 4 is 19.8 Å². The third kappa shape index (κ3) is 39.4. The van der Waals surface area contributed by atoms with Gasteiger partial charge in [0.1, 0.15) is 6.61 Å². The first-order valence-electron chi connectivity index (χ1n) is 20.5. The number of carbonyl (C=O) groups is 2. The Balaban J connectivity index is 3.91. The minimum Gasteiger partial charge on any atom is -0.462 e. The van der Waals surface area contributed by atoms with Gasteiger partial charge in [-0.3, -0.25) is 14.1 Å². The van der Waals surface area contributed by atoms with E-state index in [4.69, 9.17) is 19.3 Å². The van der Waals surface area contributed by atoms with E-state index in [1.165, 1.54) is 122 Å². The highest BCUT2D eigenvalue weighted by Gasteiger charge is 2.22. The molecule has 1 atom stereocenters. The van der Waals surface area contributed by atoms with Gasteiger partial charge < -0.3 is 19.3 Å². The van der Waals surface area contributed by atoms with Gasteiger partial charge in [-0.1, -0.05) is 174 Å². The third-order valence-electron chi connectivity index (χ3n) is 9.03. The minimum absolute atomic E-state index is 0.216. The number of esters is 2. The molecule has 0 amide bonds. The highest BCUT2D eigenvalue weighted by Crippen LogP contribution is 2.36. The van der Waals surface area contributed by atoms with Gasteiger partial charge >= 0.3 is 19.8 Å². The van der Waals surface area contributed by atoms with Crippen LogP contribution in [0.15, 0.2) is 12.2 Å². The summed E-state index contributed by atoms with van der Waals surface area (Å²) in [5.41, 5.74) is 0. The van der Waals surface area contributed by atoms with Gasteiger partial charge in [0.25, 0.3) is 0 Å². The van der Waals surface area contributed by atoms with E-state index in [1.807, 2.05) is 0 Å². The Morgan fingerprint density at radius 3 is 1.24 bits per heavy atom. The molecule has 0 aliphatic heterocycles. The molecule has 0 spiro atoms. The molecule has 290 valence electrons. The normalized spacial score (nSPS) is 12.5. The van der Waals surface area contributed by atoms with E-state index in [0.717, 1.165) is 57.8 Å². The Morgan fingerprint density at radius 2 is 0.857 bits per heavy atom. The van der Waals surface area contributed by atoms with Crippen LogP contribution in [-0.4, -0.2) is 41.0 Å². The average molecular weight is 717 g/mol. The van der Waals surface area contributed by atoms with E-state index in [-0.39, 0.29) is 19.4 Å². The lowest BCUT2D eigenvalue weighted by molar-refractivity contribution is -0.161. The molecule has 0 saturated carbocycles. The van der Waals surface area contributed by atoms with Crippen molar-refractivity contribution in [3.63, 3.8) is 0 Å². The maximum atomic E-state index is 12.4. The first-order chi connectivity index (χ1) is 23.8. The minimum atomic E-state index is -4.75. The topological polar surface area (TPSA) is 119 Å². The number of allylic oxidation sites excluding steroid dienone is 2. The fourth-order valence-electron chi connectivity index (χ4n) is 5.96. The molecular weight excluding hydrogens is 639 g/mol. The quantitative estimate of drug-likeness (QED) is 0.0280. The second kappa shape index (κ2) is 36.6. The predicted octanol–water partition coefficient (Wildman–Crippen LogP) is 12.2. The predicted molar refractivity (Wildman–Crippen MR) is 202 cm³/mol. The number of unbranched alkanes of at least 4 members (excludes halogenated alkanes) is 26. The lowest BCUT2D eigenvalue weighted by atomic mass is 10.0. The van der Waals surface area contributed by atoms with Gasteiger partial charge in [0.2, 0.25) is 0 Å². The van der Waals surface area contributed by atoms with Crippen molar-refractivity contribution in [3.05, 3.63) is 12.2 Å². The van der Waals surface area contributed by atoms with Crippen molar-refractivity contribution < 1.29 is 37.9 Å². The van der Waals surface area contributed by atoms with E-state index in [2.05, 4.69) is 30.5 Å². The van der Waals surface area contributed by atoms with Crippen LogP contribution in [0.5, 0.6) is 0 Å². The fourth-order valence-corrected chi connectivity index (χ4v) is 6.32. The van der Waals surface area contributed by atoms with Crippen LogP contribution in [0, 0.1) is 0 Å². The number of hydrogen-bond donors (Lipinski definition) is 2. The molecule has 0 bridgehead atoms. The van der Waals surface area contributed by atoms with Crippen molar-refractivity contribution in [3.8, 4) is 0 Å². The number of phosphoric ester groups is 1. The molecule has 0 unspecified atom stereocenters. The van der Waals surface area contributed by atoms with E-state index >= 15 is 0 Å². The number of ether oxygens (including phenoxy) is 2. The molecule has 49 heavy (non-hydrogen) atoms. The molecule has 0 fully saturated rings. The molecule has 0 rings (SSSR count). The molecule has 0 aliphatic carbocycles. The largest absolute Gasteiger partial charge is 0.469 e. The second-order valence-corrected chi connectivity index (χ2v) is 15.2. The first kappa shape index (κ1) is 47.8. The molecular formula is C40H77O8P. The van der Waals surface area contributed by atoms with Gasteiger partial charge in [0, 0.05) is 12.8 Å². The fraction of sp³-hybridized carbons (Fsp3) is 0.900. The van der Waals surface area contributed by atoms with Crippen molar-refractivity contribution in [1.82, 2.24) is 0 Å². The van der Waals surface area contributed by atoms with Crippen molar-refractivity contribution in [2.45, 2.75) is 219 Å². The van der Waals surface area contributed by atoms with Gasteiger partial charge in [-0.05, 0) is 38.5 Å². The number of hydrogen-bond acceptors (Lipinski definition) is 6. The van der Waals surface area contributed by atoms with Gasteiger partial charge in [-0.15, -0.1) is 0 Å². The lowest BCUT2D eigenvalue weighted by Crippen LogP contribution is -2.29. The van der Waals surface area contributed by atoms with E-state index in [9.17, 15) is 14.2 Å². The molecule has 0 aromatic rings. The van der Waals surface area contributed by atoms with Crippen molar-refractivity contribution in [1.29, 1.82) is 0 Å². The van der Waals surface area contributed by atoms with Crippen LogP contribution in [0.1, 0.15) is 213 Å². The lowest BCUT2D eigenvalue weighted by Gasteiger charge is -2.18. The van der Waals surface area contributed by atoms with Crippen molar-refractivity contribution in [2.24, 2.45) is 0 Å². The molecule has 8 nitrogen and oxygen atoms in total. The Morgan fingerprint density at radius 1 is 0.510 bits per heavy atom. The molecule has 9 heteroatoms. The highest BCUT2D eigenvalue weighted by molar-refractivity contribution is 7.46. The van der Waals surface area contributed by atoms with Gasteiger partial charge in [-0.2, -0.15) is 0 Å². The smallest absolute Gasteiger partial charge is 0.462 e. The zero-order valence-corrected chi connectivity index (χ0v) is 32.8. The summed E-state index contributed by atoms with van der Waals surface area (Å²) in [6.45, 7) is 3.69. The summed E-state index contributed by atoms with van der Waals surface area (Å²) >= 11 is 0. The van der Waals surface area contributed by atoms with Crippen LogP contribution >= 0.6 is 7.82 Å². The maximum absolute atomic E-state index is 12.4. The summed E-state index contributed by atoms with van der Waals surface area (Å²) in [4.78, 5) is 42.8. The molecule has 0 heterocycles. The average Bonchev–Trinajstić information content (AvgIpc) is 3.07. The van der Waals surface area contributed by atoms with E-state index < -0.39 is 32.5 Å². The summed E-state index contributed by atoms with van der Waals surface area (Å²) in [5.74, 6) is -0.884. The van der Waals surface area contributed by atoms with Crippen LogP contribution in [0.25, 0.3) is 0 Å². The van der Waals surface area contributed by atoms with Crippen LogP contribution < -0.4 is 0 Å². The van der Waals surface area contributed by atoms with Gasteiger partial charge in [-0.25, -0.2) is 4.57 Å². The van der Waals surface area contributed by atoms with Crippen LogP contribution in [0.2, 0.25) is 0 Å². The molecule has 0 radical (unpaired) electrons. The standard InChI is InChI=1S/C40H77O8P/c1-3-5-7-9-11-13-15-17-19-21-23-25-27-29-31-33-35-40(42)48-38(37-47-49(43,44)45)36-46-39(41)34-32-30-28-26-24-22-20-18-16-14-12-10-8-6-4-2/h18,20,38H,3-17,19,21-37H2,1-2H3,(H2,43,44,45)/b20-18-/t38-/m1/s1. The van der Waals surface area contributed by atoms with E-state index in [0.29, 0.717) is 6.42 Å². The first-order valence-corrected chi connectivity index (χ1v) is 22.0. The Labute approximate surface area is 301 Å². The van der Waals surface area contributed by atoms with Crippen LogP contribution in [0.4, 0.5) is 0 Å². The summed E-state index contributed by atoms with van der Waals surface area (Å²) in [6.07, 6.45) is 39.3. The molecule has 0 aromatic heterocycles. The summed E-state index contributed by atoms with van der Waals surface area (Å²) < 4.78 is 26.4. The van der Waals surface area contributed by atoms with Gasteiger partial charge in [0.15, 0.2) is 6.10 Å². The number of carbonyl (C=O) groups excluding carboxylic acids is 2. The van der Waals surface area contributed by atoms with Gasteiger partial charge in [0.05, 0.1) is 6.61 Å². The van der Waals surface area contributed by atoms with Crippen molar-refractivity contribution in [2.75, 3.05) is 13.2 Å². The number of rotatable bonds is 38. The van der Waals surface area contributed by atoms with E-state index in [1.54, 1.807) is 0 Å². The maximum Gasteiger partial charge on any atom is 0.469 e. The molecule has 2 N–H and O–H groups in total. The monoisotopic (exact) mass is 717 g/mol. The summed E-state index contributed by atoms with van der Waals surface area (Å²) in [5, 5.41) is 0. The summed E-state index contributed by atoms with van der Waals surface area (Å²) in [6, 6.07) is 0. The third-order valence-corrected chi connectivity index (χ3v) is 9.52. The molecule has 0 saturated heterocycles. The Kier molecular flexibility index (Phi) is 35.7.